The molecule has 0 bridgehead atoms. The molecule has 6 nitrogen and oxygen atoms in total. The number of rotatable bonds is 4. The molecule has 24 heavy (non-hydrogen) atoms. The van der Waals surface area contributed by atoms with Crippen molar-refractivity contribution in [3.63, 3.8) is 0 Å². The molecule has 6 heteroatoms. The molecule has 0 radical (unpaired) electrons. The van der Waals surface area contributed by atoms with Crippen LogP contribution in [-0.2, 0) is 6.42 Å². The predicted octanol–water partition coefficient (Wildman–Crippen LogP) is 3.55. The number of carbonyl (C=O) groups is 2. The molecular formula is C18H14N2O4. The van der Waals surface area contributed by atoms with Gasteiger partial charge in [0.25, 0.3) is 5.69 Å². The summed E-state index contributed by atoms with van der Waals surface area (Å²) in [5.74, 6) is -0.189. The Balaban J connectivity index is 1.98. The second-order valence-corrected chi connectivity index (χ2v) is 5.46. The van der Waals surface area contributed by atoms with Gasteiger partial charge < -0.3 is 0 Å². The maximum Gasteiger partial charge on any atom is 0.269 e. The smallest absolute Gasteiger partial charge is 0.269 e. The van der Waals surface area contributed by atoms with E-state index in [1.807, 2.05) is 18.2 Å². The largest absolute Gasteiger partial charge is 0.298 e. The van der Waals surface area contributed by atoms with E-state index >= 15 is 0 Å². The fourth-order valence-corrected chi connectivity index (χ4v) is 2.85. The van der Waals surface area contributed by atoms with Crippen LogP contribution in [0.5, 0.6) is 0 Å². The van der Waals surface area contributed by atoms with E-state index in [4.69, 9.17) is 0 Å². The van der Waals surface area contributed by atoms with Crippen LogP contribution in [0, 0.1) is 17.0 Å². The summed E-state index contributed by atoms with van der Waals surface area (Å²) in [7, 11) is 0. The van der Waals surface area contributed by atoms with E-state index in [9.17, 15) is 19.7 Å². The average molecular weight is 322 g/mol. The van der Waals surface area contributed by atoms with Gasteiger partial charge in [-0.25, -0.2) is 0 Å². The molecule has 0 aliphatic rings. The van der Waals surface area contributed by atoms with Gasteiger partial charge in [0.2, 0.25) is 5.91 Å². The van der Waals surface area contributed by atoms with Gasteiger partial charge in [0, 0.05) is 28.8 Å². The first-order valence-corrected chi connectivity index (χ1v) is 7.34. The number of non-ortho nitro benzene ring substituents is 1. The monoisotopic (exact) mass is 322 g/mol. The van der Waals surface area contributed by atoms with Crippen molar-refractivity contribution in [1.29, 1.82) is 0 Å². The lowest BCUT2D eigenvalue weighted by Gasteiger charge is -2.07. The number of hydrogen-bond donors (Lipinski definition) is 0. The zero-order valence-corrected chi connectivity index (χ0v) is 12.9. The van der Waals surface area contributed by atoms with Crippen molar-refractivity contribution in [3.8, 4) is 0 Å². The van der Waals surface area contributed by atoms with E-state index in [-0.39, 0.29) is 18.0 Å². The molecule has 0 aliphatic carbocycles. The topological polar surface area (TPSA) is 82.2 Å². The van der Waals surface area contributed by atoms with Gasteiger partial charge in [-0.2, -0.15) is 0 Å². The highest BCUT2D eigenvalue weighted by atomic mass is 16.6. The fourth-order valence-electron chi connectivity index (χ4n) is 2.85. The Morgan fingerprint density at radius 2 is 1.83 bits per heavy atom. The van der Waals surface area contributed by atoms with Crippen LogP contribution >= 0.6 is 0 Å². The molecule has 3 rings (SSSR count). The third-order valence-corrected chi connectivity index (χ3v) is 4.03. The van der Waals surface area contributed by atoms with Crippen LogP contribution in [0.2, 0.25) is 0 Å². The number of benzene rings is 2. The molecule has 0 saturated carbocycles. The van der Waals surface area contributed by atoms with Crippen LogP contribution < -0.4 is 0 Å². The van der Waals surface area contributed by atoms with Crippen molar-refractivity contribution in [1.82, 2.24) is 4.57 Å². The van der Waals surface area contributed by atoms with E-state index < -0.39 is 4.92 Å². The van der Waals surface area contributed by atoms with Crippen molar-refractivity contribution in [3.05, 3.63) is 75.5 Å². The molecule has 0 unspecified atom stereocenters. The number of nitrogens with zero attached hydrogens (tertiary/aromatic N) is 2. The number of aromatic nitrogens is 1. The number of nitro benzene ring substituents is 1. The van der Waals surface area contributed by atoms with Gasteiger partial charge in [0.05, 0.1) is 16.9 Å². The van der Waals surface area contributed by atoms with Crippen LogP contribution in [0.25, 0.3) is 10.9 Å². The van der Waals surface area contributed by atoms with Gasteiger partial charge in [-0.3, -0.25) is 24.3 Å². The highest BCUT2D eigenvalue weighted by Crippen LogP contribution is 2.25. The number of nitro groups is 1. The molecule has 0 saturated heterocycles. The lowest BCUT2D eigenvalue weighted by atomic mass is 10.1. The van der Waals surface area contributed by atoms with Crippen LogP contribution in [-0.4, -0.2) is 21.7 Å². The number of carbonyl (C=O) groups excluding carboxylic acids is 2. The molecule has 1 heterocycles. The summed E-state index contributed by atoms with van der Waals surface area (Å²) in [5.41, 5.74) is 2.44. The zero-order chi connectivity index (χ0) is 17.3. The fraction of sp³-hybridized carbons (Fsp3) is 0.111. The molecule has 0 atom stereocenters. The van der Waals surface area contributed by atoms with Gasteiger partial charge in [-0.15, -0.1) is 0 Å². The molecule has 1 aromatic heterocycles. The Bertz CT molecular complexity index is 955. The Kier molecular flexibility index (Phi) is 3.95. The molecule has 3 aromatic rings. The standard InChI is InChI=1S/C18H14N2O4/c1-12-16(11-21)15-4-2-3-5-17(15)19(12)18(22)10-13-6-8-14(9-7-13)20(23)24/h2-9,11H,10H2,1H3. The normalized spacial score (nSPS) is 10.7. The molecule has 0 fully saturated rings. The number of para-hydroxylation sites is 1. The van der Waals surface area contributed by atoms with Crippen LogP contribution in [0.1, 0.15) is 26.4 Å². The van der Waals surface area contributed by atoms with E-state index in [1.165, 1.54) is 16.7 Å². The summed E-state index contributed by atoms with van der Waals surface area (Å²) in [6, 6.07) is 13.1. The predicted molar refractivity (Wildman–Crippen MR) is 89.5 cm³/mol. The van der Waals surface area contributed by atoms with Crippen molar-refractivity contribution < 1.29 is 14.5 Å². The third-order valence-electron chi connectivity index (χ3n) is 4.03. The highest BCUT2D eigenvalue weighted by Gasteiger charge is 2.18. The van der Waals surface area contributed by atoms with Crippen LogP contribution in [0.15, 0.2) is 48.5 Å². The molecule has 0 amide bonds. The van der Waals surface area contributed by atoms with E-state index in [2.05, 4.69) is 0 Å². The van der Waals surface area contributed by atoms with Gasteiger partial charge in [-0.05, 0) is 18.6 Å². The van der Waals surface area contributed by atoms with Crippen molar-refractivity contribution in [2.75, 3.05) is 0 Å². The number of fused-ring (bicyclic) bond motifs is 1. The third kappa shape index (κ3) is 2.58. The molecule has 120 valence electrons. The lowest BCUT2D eigenvalue weighted by Crippen LogP contribution is -2.15. The van der Waals surface area contributed by atoms with Crippen LogP contribution in [0.4, 0.5) is 5.69 Å². The minimum atomic E-state index is -0.481. The SMILES string of the molecule is Cc1c(C=O)c2ccccc2n1C(=O)Cc1ccc([N+](=O)[O-])cc1. The molecule has 0 N–H and O–H groups in total. The lowest BCUT2D eigenvalue weighted by molar-refractivity contribution is -0.384. The number of hydrogen-bond acceptors (Lipinski definition) is 4. The Morgan fingerprint density at radius 1 is 1.17 bits per heavy atom. The minimum Gasteiger partial charge on any atom is -0.298 e. The first kappa shape index (κ1) is 15.6. The summed E-state index contributed by atoms with van der Waals surface area (Å²) in [6.45, 7) is 1.73. The van der Waals surface area contributed by atoms with E-state index in [0.717, 1.165) is 11.7 Å². The summed E-state index contributed by atoms with van der Waals surface area (Å²) >= 11 is 0. The van der Waals surface area contributed by atoms with Crippen LogP contribution in [0.3, 0.4) is 0 Å². The second-order valence-electron chi connectivity index (χ2n) is 5.46. The molecule has 0 aliphatic heterocycles. The van der Waals surface area contributed by atoms with Gasteiger partial charge in [0.15, 0.2) is 6.29 Å². The van der Waals surface area contributed by atoms with Crippen molar-refractivity contribution in [2.24, 2.45) is 0 Å². The summed E-state index contributed by atoms with van der Waals surface area (Å²) in [4.78, 5) is 34.3. The van der Waals surface area contributed by atoms with Gasteiger partial charge in [-0.1, -0.05) is 30.3 Å². The summed E-state index contributed by atoms with van der Waals surface area (Å²) < 4.78 is 1.53. The summed E-state index contributed by atoms with van der Waals surface area (Å²) in [6.07, 6.45) is 0.850. The van der Waals surface area contributed by atoms with E-state index in [0.29, 0.717) is 22.3 Å². The highest BCUT2D eigenvalue weighted by molar-refractivity contribution is 6.04. The van der Waals surface area contributed by atoms with Crippen molar-refractivity contribution >= 4 is 28.8 Å². The Morgan fingerprint density at radius 3 is 2.46 bits per heavy atom. The Labute approximate surface area is 137 Å². The summed E-state index contributed by atoms with van der Waals surface area (Å²) in [5, 5.41) is 11.4. The Hall–Kier alpha value is -3.28. The molecular weight excluding hydrogens is 308 g/mol. The van der Waals surface area contributed by atoms with Crippen molar-refractivity contribution in [2.45, 2.75) is 13.3 Å². The quantitative estimate of drug-likeness (QED) is 0.418. The maximum absolute atomic E-state index is 12.7. The molecule has 2 aromatic carbocycles. The maximum atomic E-state index is 12.7. The minimum absolute atomic E-state index is 0.0166. The zero-order valence-electron chi connectivity index (χ0n) is 12.9. The first-order valence-electron chi connectivity index (χ1n) is 7.34. The average Bonchev–Trinajstić information content (AvgIpc) is 2.86. The van der Waals surface area contributed by atoms with E-state index in [1.54, 1.807) is 25.1 Å². The second kappa shape index (κ2) is 6.08. The first-order chi connectivity index (χ1) is 11.5. The molecule has 0 spiro atoms. The van der Waals surface area contributed by atoms with Gasteiger partial charge >= 0.3 is 0 Å². The number of aldehydes is 1. The van der Waals surface area contributed by atoms with Gasteiger partial charge in [0.1, 0.15) is 0 Å².